The molecule has 4 aromatic heterocycles. The van der Waals surface area contributed by atoms with E-state index in [2.05, 4.69) is 84.8 Å². The third kappa shape index (κ3) is 3.45. The molecule has 5 rings (SSSR count). The minimum absolute atomic E-state index is 1.15. The first kappa shape index (κ1) is 17.8. The van der Waals surface area contributed by atoms with E-state index in [0.717, 1.165) is 5.56 Å². The molecule has 0 radical (unpaired) electrons. The molecule has 0 amide bonds. The average Bonchev–Trinajstić information content (AvgIpc) is 3.53. The first-order valence-corrected chi connectivity index (χ1v) is 12.2. The highest BCUT2D eigenvalue weighted by molar-refractivity contribution is 7.28. The van der Waals surface area contributed by atoms with E-state index in [1.54, 1.807) is 11.3 Å². The molecular weight excluding hydrogens is 417 g/mol. The van der Waals surface area contributed by atoms with Crippen LogP contribution in [-0.4, -0.2) is 0 Å². The van der Waals surface area contributed by atoms with Crippen LogP contribution >= 0.6 is 45.3 Å². The summed E-state index contributed by atoms with van der Waals surface area (Å²) in [7, 11) is 0. The molecule has 28 heavy (non-hydrogen) atoms. The Morgan fingerprint density at radius 1 is 0.536 bits per heavy atom. The molecular formula is C24H16S4. The van der Waals surface area contributed by atoms with Crippen molar-refractivity contribution in [2.45, 2.75) is 0 Å². The predicted octanol–water partition coefficient (Wildman–Crippen LogP) is 9.24. The van der Waals surface area contributed by atoms with Crippen LogP contribution in [0.15, 0.2) is 84.8 Å². The molecule has 0 fully saturated rings. The lowest BCUT2D eigenvalue weighted by Crippen LogP contribution is -1.73. The lowest BCUT2D eigenvalue weighted by atomic mass is 10.1. The lowest BCUT2D eigenvalue weighted by molar-refractivity contribution is 1.66. The molecule has 1 aromatic carbocycles. The summed E-state index contributed by atoms with van der Waals surface area (Å²) in [5.74, 6) is 0. The van der Waals surface area contributed by atoms with Crippen molar-refractivity contribution in [2.75, 3.05) is 0 Å². The summed E-state index contributed by atoms with van der Waals surface area (Å²) in [5.41, 5.74) is 2.42. The second kappa shape index (κ2) is 7.64. The SMILES string of the molecule is C=Cc1ccc(-c2ccc(-c3ccc(-c4ccc(-c5cccs5)s4)s3)s2)cc1. The van der Waals surface area contributed by atoms with Gasteiger partial charge in [0.1, 0.15) is 0 Å². The standard InChI is InChI=1S/C24H16S4/c1-2-16-5-7-17(8-6-16)18-9-10-21(26-18)22-13-14-24(28-22)23-12-11-20(27-23)19-4-3-15-25-19/h2-15H,1H2. The third-order valence-electron chi connectivity index (χ3n) is 4.50. The van der Waals surface area contributed by atoms with Crippen LogP contribution in [0.2, 0.25) is 0 Å². The Morgan fingerprint density at radius 3 is 1.54 bits per heavy atom. The largest absolute Gasteiger partial charge is 0.143 e. The number of rotatable bonds is 5. The summed E-state index contributed by atoms with van der Waals surface area (Å²) in [6, 6.07) is 26.3. The van der Waals surface area contributed by atoms with Gasteiger partial charge in [0.2, 0.25) is 0 Å². The van der Waals surface area contributed by atoms with E-state index in [9.17, 15) is 0 Å². The van der Waals surface area contributed by atoms with Gasteiger partial charge in [0, 0.05) is 34.1 Å². The Bertz CT molecular complexity index is 1210. The van der Waals surface area contributed by atoms with Crippen LogP contribution in [0.1, 0.15) is 5.56 Å². The first-order valence-electron chi connectivity index (χ1n) is 8.87. The fourth-order valence-corrected chi connectivity index (χ4v) is 7.07. The van der Waals surface area contributed by atoms with Crippen molar-refractivity contribution >= 4 is 51.4 Å². The van der Waals surface area contributed by atoms with Gasteiger partial charge >= 0.3 is 0 Å². The molecule has 0 nitrogen and oxygen atoms in total. The van der Waals surface area contributed by atoms with Crippen LogP contribution in [0.3, 0.4) is 0 Å². The first-order chi connectivity index (χ1) is 13.8. The van der Waals surface area contributed by atoms with Gasteiger partial charge in [-0.15, -0.1) is 45.3 Å². The normalized spacial score (nSPS) is 11.0. The van der Waals surface area contributed by atoms with Crippen LogP contribution in [-0.2, 0) is 0 Å². The molecule has 4 heteroatoms. The van der Waals surface area contributed by atoms with Gasteiger partial charge in [-0.1, -0.05) is 43.0 Å². The highest BCUT2D eigenvalue weighted by atomic mass is 32.1. The number of hydrogen-bond donors (Lipinski definition) is 0. The van der Waals surface area contributed by atoms with Crippen LogP contribution in [0.5, 0.6) is 0 Å². The summed E-state index contributed by atoms with van der Waals surface area (Å²) >= 11 is 7.40. The average molecular weight is 433 g/mol. The van der Waals surface area contributed by atoms with Gasteiger partial charge in [-0.05, 0) is 59.0 Å². The molecule has 0 aliphatic carbocycles. The van der Waals surface area contributed by atoms with Gasteiger partial charge in [-0.2, -0.15) is 0 Å². The van der Waals surface area contributed by atoms with Gasteiger partial charge in [-0.3, -0.25) is 0 Å². The van der Waals surface area contributed by atoms with E-state index in [1.165, 1.54) is 39.7 Å². The van der Waals surface area contributed by atoms with Gasteiger partial charge in [-0.25, -0.2) is 0 Å². The van der Waals surface area contributed by atoms with Crippen LogP contribution < -0.4 is 0 Å². The molecule has 0 saturated carbocycles. The topological polar surface area (TPSA) is 0 Å². The van der Waals surface area contributed by atoms with Crippen molar-refractivity contribution in [1.82, 2.24) is 0 Å². The van der Waals surface area contributed by atoms with Crippen LogP contribution in [0, 0.1) is 0 Å². The Kier molecular flexibility index (Phi) is 4.87. The summed E-state index contributed by atoms with van der Waals surface area (Å²) in [6.45, 7) is 3.83. The highest BCUT2D eigenvalue weighted by Crippen LogP contribution is 2.43. The quantitative estimate of drug-likeness (QED) is 0.259. The molecule has 0 saturated heterocycles. The minimum Gasteiger partial charge on any atom is -0.143 e. The molecule has 0 aliphatic heterocycles. The zero-order valence-corrected chi connectivity index (χ0v) is 18.2. The lowest BCUT2D eigenvalue weighted by Gasteiger charge is -1.98. The molecule has 0 aliphatic rings. The third-order valence-corrected chi connectivity index (χ3v) is 9.26. The van der Waals surface area contributed by atoms with Crippen molar-refractivity contribution in [3.8, 4) is 39.7 Å². The summed E-state index contributed by atoms with van der Waals surface area (Å²) in [4.78, 5) is 9.34. The zero-order valence-electron chi connectivity index (χ0n) is 14.9. The van der Waals surface area contributed by atoms with E-state index >= 15 is 0 Å². The maximum atomic E-state index is 3.83. The molecule has 5 aromatic rings. The monoisotopic (exact) mass is 432 g/mol. The van der Waals surface area contributed by atoms with E-state index in [-0.39, 0.29) is 0 Å². The van der Waals surface area contributed by atoms with Gasteiger partial charge < -0.3 is 0 Å². The van der Waals surface area contributed by atoms with Gasteiger partial charge in [0.15, 0.2) is 0 Å². The number of hydrogen-bond acceptors (Lipinski definition) is 4. The molecule has 0 bridgehead atoms. The Balaban J connectivity index is 1.40. The molecule has 0 N–H and O–H groups in total. The molecule has 0 unspecified atom stereocenters. The van der Waals surface area contributed by atoms with Crippen molar-refractivity contribution in [3.63, 3.8) is 0 Å². The fourth-order valence-electron chi connectivity index (χ4n) is 3.03. The fraction of sp³-hybridized carbons (Fsp3) is 0. The van der Waals surface area contributed by atoms with Gasteiger partial charge in [0.25, 0.3) is 0 Å². The van der Waals surface area contributed by atoms with Crippen molar-refractivity contribution in [2.24, 2.45) is 0 Å². The van der Waals surface area contributed by atoms with E-state index in [1.807, 2.05) is 40.1 Å². The summed E-state index contributed by atoms with van der Waals surface area (Å²) < 4.78 is 0. The maximum absolute atomic E-state index is 3.83. The Labute approximate surface area is 180 Å². The second-order valence-corrected chi connectivity index (χ2v) is 10.5. The maximum Gasteiger partial charge on any atom is 0.0449 e. The second-order valence-electron chi connectivity index (χ2n) is 6.30. The zero-order chi connectivity index (χ0) is 18.9. The molecule has 4 heterocycles. The van der Waals surface area contributed by atoms with E-state index < -0.39 is 0 Å². The number of thiophene rings is 4. The molecule has 0 atom stereocenters. The van der Waals surface area contributed by atoms with Crippen LogP contribution in [0.4, 0.5) is 0 Å². The van der Waals surface area contributed by atoms with Crippen molar-refractivity contribution in [1.29, 1.82) is 0 Å². The van der Waals surface area contributed by atoms with E-state index in [4.69, 9.17) is 0 Å². The summed E-state index contributed by atoms with van der Waals surface area (Å²) in [5, 5.41) is 2.14. The van der Waals surface area contributed by atoms with Gasteiger partial charge in [0.05, 0.1) is 0 Å². The Morgan fingerprint density at radius 2 is 1.04 bits per heavy atom. The number of benzene rings is 1. The predicted molar refractivity (Wildman–Crippen MR) is 130 cm³/mol. The highest BCUT2D eigenvalue weighted by Gasteiger charge is 2.11. The smallest absolute Gasteiger partial charge is 0.0449 e. The molecule has 136 valence electrons. The van der Waals surface area contributed by atoms with Crippen LogP contribution in [0.25, 0.3) is 45.8 Å². The minimum atomic E-state index is 1.15. The van der Waals surface area contributed by atoms with E-state index in [0.29, 0.717) is 0 Å². The van der Waals surface area contributed by atoms with Crippen molar-refractivity contribution in [3.05, 3.63) is 90.3 Å². The summed E-state index contributed by atoms with van der Waals surface area (Å²) in [6.07, 6.45) is 1.88. The van der Waals surface area contributed by atoms with Crippen molar-refractivity contribution < 1.29 is 0 Å². The molecule has 0 spiro atoms. The Hall–Kier alpha value is -2.24.